The number of phenols is 1. The number of aromatic hydroxyl groups is 1. The molecule has 2 N–H and O–H groups in total. The molecule has 5 heteroatoms. The lowest BCUT2D eigenvalue weighted by Gasteiger charge is -2.13. The van der Waals surface area contributed by atoms with E-state index in [0.29, 0.717) is 28.9 Å². The number of carbonyl (C=O) groups is 1. The predicted molar refractivity (Wildman–Crippen MR) is 89.9 cm³/mol. The standard InChI is InChI=1S/C19H16O5/c1-23-17-9-13-7-14(19(21)22)8-16(20)15(13)10-18(17)24-11-12-5-3-2-4-6-12/h2-10,20H,11H2,1H3,(H,21,22). The van der Waals surface area contributed by atoms with Crippen molar-refractivity contribution >= 4 is 16.7 Å². The molecule has 0 spiro atoms. The van der Waals surface area contributed by atoms with Crippen LogP contribution in [0.3, 0.4) is 0 Å². The van der Waals surface area contributed by atoms with E-state index in [-0.39, 0.29) is 11.3 Å². The van der Waals surface area contributed by atoms with Crippen LogP contribution in [0.5, 0.6) is 17.2 Å². The third-order valence-corrected chi connectivity index (χ3v) is 3.70. The highest BCUT2D eigenvalue weighted by Crippen LogP contribution is 2.37. The van der Waals surface area contributed by atoms with Crippen molar-refractivity contribution in [1.29, 1.82) is 0 Å². The van der Waals surface area contributed by atoms with Gasteiger partial charge in [-0.2, -0.15) is 0 Å². The van der Waals surface area contributed by atoms with Gasteiger partial charge in [0, 0.05) is 5.39 Å². The van der Waals surface area contributed by atoms with Crippen LogP contribution in [0.15, 0.2) is 54.6 Å². The largest absolute Gasteiger partial charge is 0.507 e. The number of benzene rings is 3. The third kappa shape index (κ3) is 3.10. The van der Waals surface area contributed by atoms with E-state index in [9.17, 15) is 9.90 Å². The van der Waals surface area contributed by atoms with Gasteiger partial charge >= 0.3 is 5.97 Å². The van der Waals surface area contributed by atoms with E-state index in [2.05, 4.69) is 0 Å². The summed E-state index contributed by atoms with van der Waals surface area (Å²) in [6.45, 7) is 0.358. The maximum absolute atomic E-state index is 11.1. The smallest absolute Gasteiger partial charge is 0.335 e. The van der Waals surface area contributed by atoms with Crippen molar-refractivity contribution in [2.24, 2.45) is 0 Å². The molecule has 0 fully saturated rings. The molecule has 0 radical (unpaired) electrons. The summed E-state index contributed by atoms with van der Waals surface area (Å²) in [5.41, 5.74) is 1.02. The average Bonchev–Trinajstić information content (AvgIpc) is 2.60. The highest BCUT2D eigenvalue weighted by atomic mass is 16.5. The summed E-state index contributed by atoms with van der Waals surface area (Å²) in [7, 11) is 1.51. The zero-order valence-electron chi connectivity index (χ0n) is 13.0. The fourth-order valence-electron chi connectivity index (χ4n) is 2.48. The molecule has 0 heterocycles. The van der Waals surface area contributed by atoms with Gasteiger partial charge in [-0.05, 0) is 35.2 Å². The molecule has 0 aliphatic rings. The van der Waals surface area contributed by atoms with Gasteiger partial charge in [0.25, 0.3) is 0 Å². The molecule has 5 nitrogen and oxygen atoms in total. The van der Waals surface area contributed by atoms with Gasteiger partial charge in [-0.15, -0.1) is 0 Å². The number of methoxy groups -OCH3 is 1. The highest BCUT2D eigenvalue weighted by Gasteiger charge is 2.13. The fraction of sp³-hybridized carbons (Fsp3) is 0.105. The maximum atomic E-state index is 11.1. The second-order valence-corrected chi connectivity index (χ2v) is 5.30. The Labute approximate surface area is 138 Å². The number of ether oxygens (including phenoxy) is 2. The van der Waals surface area contributed by atoms with Crippen molar-refractivity contribution in [3.05, 3.63) is 65.7 Å². The zero-order valence-corrected chi connectivity index (χ0v) is 13.0. The molecular formula is C19H16O5. The van der Waals surface area contributed by atoms with Gasteiger partial charge in [-0.25, -0.2) is 4.79 Å². The highest BCUT2D eigenvalue weighted by molar-refractivity contribution is 5.98. The first-order valence-electron chi connectivity index (χ1n) is 7.33. The minimum absolute atomic E-state index is 0.0139. The first-order valence-corrected chi connectivity index (χ1v) is 7.33. The van der Waals surface area contributed by atoms with Crippen molar-refractivity contribution < 1.29 is 24.5 Å². The van der Waals surface area contributed by atoms with Crippen molar-refractivity contribution in [3.63, 3.8) is 0 Å². The summed E-state index contributed by atoms with van der Waals surface area (Å²) >= 11 is 0. The van der Waals surface area contributed by atoms with Crippen LogP contribution in [-0.2, 0) is 6.61 Å². The molecule has 0 aliphatic carbocycles. The summed E-state index contributed by atoms with van der Waals surface area (Å²) in [6, 6.07) is 15.7. The quantitative estimate of drug-likeness (QED) is 0.746. The molecule has 0 aliphatic heterocycles. The monoisotopic (exact) mass is 324 g/mol. The molecule has 3 rings (SSSR count). The maximum Gasteiger partial charge on any atom is 0.335 e. The first kappa shape index (κ1) is 15.7. The van der Waals surface area contributed by atoms with Crippen molar-refractivity contribution in [2.45, 2.75) is 6.61 Å². The van der Waals surface area contributed by atoms with Crippen LogP contribution in [0.4, 0.5) is 0 Å². The van der Waals surface area contributed by atoms with Crippen LogP contribution < -0.4 is 9.47 Å². The fourth-order valence-corrected chi connectivity index (χ4v) is 2.48. The van der Waals surface area contributed by atoms with E-state index in [1.807, 2.05) is 30.3 Å². The lowest BCUT2D eigenvalue weighted by molar-refractivity contribution is 0.0696. The Balaban J connectivity index is 2.00. The summed E-state index contributed by atoms with van der Waals surface area (Å²) in [4.78, 5) is 11.1. The number of hydrogen-bond donors (Lipinski definition) is 2. The first-order chi connectivity index (χ1) is 11.6. The lowest BCUT2D eigenvalue weighted by atomic mass is 10.0. The van der Waals surface area contributed by atoms with E-state index in [1.54, 1.807) is 12.1 Å². The minimum atomic E-state index is -1.10. The van der Waals surface area contributed by atoms with Gasteiger partial charge in [0.2, 0.25) is 0 Å². The van der Waals surface area contributed by atoms with Gasteiger partial charge in [0.15, 0.2) is 11.5 Å². The van der Waals surface area contributed by atoms with Crippen molar-refractivity contribution in [1.82, 2.24) is 0 Å². The Hall–Kier alpha value is -3.21. The van der Waals surface area contributed by atoms with Crippen LogP contribution >= 0.6 is 0 Å². The van der Waals surface area contributed by atoms with Crippen molar-refractivity contribution in [2.75, 3.05) is 7.11 Å². The third-order valence-electron chi connectivity index (χ3n) is 3.70. The predicted octanol–water partition coefficient (Wildman–Crippen LogP) is 3.83. The number of carboxylic acid groups (broad SMARTS) is 1. The topological polar surface area (TPSA) is 76.0 Å². The molecule has 0 unspecified atom stereocenters. The van der Waals surface area contributed by atoms with Crippen LogP contribution in [0.25, 0.3) is 10.8 Å². The van der Waals surface area contributed by atoms with Gasteiger partial charge < -0.3 is 19.7 Å². The zero-order chi connectivity index (χ0) is 17.1. The lowest BCUT2D eigenvalue weighted by Crippen LogP contribution is -1.99. The number of rotatable bonds is 5. The van der Waals surface area contributed by atoms with Crippen LogP contribution in [0.2, 0.25) is 0 Å². The Morgan fingerprint density at radius 3 is 2.46 bits per heavy atom. The molecule has 24 heavy (non-hydrogen) atoms. The Kier molecular flexibility index (Phi) is 4.24. The van der Waals surface area contributed by atoms with Gasteiger partial charge in [0.1, 0.15) is 12.4 Å². The number of aromatic carboxylic acids is 1. The SMILES string of the molecule is COc1cc2cc(C(=O)O)cc(O)c2cc1OCc1ccccc1. The molecule has 122 valence electrons. The summed E-state index contributed by atoms with van der Waals surface area (Å²) in [6.07, 6.45) is 0. The molecule has 3 aromatic rings. The molecule has 0 saturated carbocycles. The van der Waals surface area contributed by atoms with Crippen LogP contribution in [0.1, 0.15) is 15.9 Å². The molecule has 0 bridgehead atoms. The Bertz CT molecular complexity index is 887. The second-order valence-electron chi connectivity index (χ2n) is 5.30. The van der Waals surface area contributed by atoms with Crippen LogP contribution in [-0.4, -0.2) is 23.3 Å². The summed E-state index contributed by atoms with van der Waals surface area (Å²) < 4.78 is 11.1. The van der Waals surface area contributed by atoms with Gasteiger partial charge in [0.05, 0.1) is 12.7 Å². The van der Waals surface area contributed by atoms with E-state index >= 15 is 0 Å². The number of hydrogen-bond acceptors (Lipinski definition) is 4. The molecule has 3 aromatic carbocycles. The Morgan fingerprint density at radius 1 is 1.04 bits per heavy atom. The van der Waals surface area contributed by atoms with Crippen molar-refractivity contribution in [3.8, 4) is 17.2 Å². The number of fused-ring (bicyclic) bond motifs is 1. The summed E-state index contributed by atoms with van der Waals surface area (Å²) in [5, 5.41) is 20.3. The Morgan fingerprint density at radius 2 is 1.79 bits per heavy atom. The van der Waals surface area contributed by atoms with E-state index < -0.39 is 5.97 Å². The van der Waals surface area contributed by atoms with E-state index in [1.165, 1.54) is 19.2 Å². The number of phenolic OH excluding ortho intramolecular Hbond substituents is 1. The normalized spacial score (nSPS) is 10.5. The second kappa shape index (κ2) is 6.50. The molecular weight excluding hydrogens is 308 g/mol. The molecule has 0 atom stereocenters. The average molecular weight is 324 g/mol. The molecule has 0 aromatic heterocycles. The van der Waals surface area contributed by atoms with Crippen LogP contribution in [0, 0.1) is 0 Å². The molecule has 0 saturated heterocycles. The summed E-state index contributed by atoms with van der Waals surface area (Å²) in [5.74, 6) is -0.264. The van der Waals surface area contributed by atoms with E-state index in [0.717, 1.165) is 5.56 Å². The van der Waals surface area contributed by atoms with Gasteiger partial charge in [-0.3, -0.25) is 0 Å². The minimum Gasteiger partial charge on any atom is -0.507 e. The number of carboxylic acids is 1. The molecule has 0 amide bonds. The van der Waals surface area contributed by atoms with Gasteiger partial charge in [-0.1, -0.05) is 30.3 Å². The van der Waals surface area contributed by atoms with E-state index in [4.69, 9.17) is 14.6 Å².